The van der Waals surface area contributed by atoms with Crippen molar-refractivity contribution >= 4 is 17.7 Å². The molecule has 2 heterocycles. The Morgan fingerprint density at radius 1 is 1.61 bits per heavy atom. The van der Waals surface area contributed by atoms with E-state index in [-0.39, 0.29) is 0 Å². The Kier molecular flexibility index (Phi) is 3.39. The van der Waals surface area contributed by atoms with E-state index in [1.54, 1.807) is 29.7 Å². The second-order valence-electron chi connectivity index (χ2n) is 3.50. The van der Waals surface area contributed by atoms with Crippen LogP contribution in [0.2, 0.25) is 0 Å². The molecule has 5 heteroatoms. The van der Waals surface area contributed by atoms with Gasteiger partial charge in [-0.15, -0.1) is 0 Å². The molecule has 2 aromatic heterocycles. The maximum atomic E-state index is 11.7. The molecule has 0 saturated carbocycles. The molecule has 0 radical (unpaired) electrons. The number of fused-ring (bicyclic) bond motifs is 1. The quantitative estimate of drug-likeness (QED) is 0.612. The van der Waals surface area contributed by atoms with Gasteiger partial charge in [-0.2, -0.15) is 0 Å². The van der Waals surface area contributed by atoms with E-state index in [1.807, 2.05) is 6.07 Å². The van der Waals surface area contributed by atoms with Crippen LogP contribution in [0.1, 0.15) is 23.0 Å². The van der Waals surface area contributed by atoms with Crippen molar-refractivity contribution in [3.8, 4) is 0 Å². The standard InChI is InChI=1S/C13H11N3O2/c1-3-18-13(17)11-8-15-12-5-4-10(6-7-14-2)9-16(11)12/h4-9H,3H2,1H3/b7-6+. The van der Waals surface area contributed by atoms with Crippen molar-refractivity contribution in [1.29, 1.82) is 0 Å². The van der Waals surface area contributed by atoms with Crippen LogP contribution in [0.25, 0.3) is 16.6 Å². The number of esters is 1. The van der Waals surface area contributed by atoms with Crippen LogP contribution in [0.15, 0.2) is 30.7 Å². The highest BCUT2D eigenvalue weighted by Gasteiger charge is 2.12. The van der Waals surface area contributed by atoms with Crippen molar-refractivity contribution in [2.24, 2.45) is 0 Å². The highest BCUT2D eigenvalue weighted by molar-refractivity contribution is 5.88. The van der Waals surface area contributed by atoms with E-state index in [2.05, 4.69) is 9.83 Å². The Hall–Kier alpha value is -2.61. The number of carbonyl (C=O) groups is 1. The third-order valence-electron chi connectivity index (χ3n) is 2.35. The Bertz CT molecular complexity index is 650. The maximum absolute atomic E-state index is 11.7. The first-order valence-electron chi connectivity index (χ1n) is 5.43. The summed E-state index contributed by atoms with van der Waals surface area (Å²) in [6, 6.07) is 3.62. The van der Waals surface area contributed by atoms with E-state index in [9.17, 15) is 4.79 Å². The highest BCUT2D eigenvalue weighted by atomic mass is 16.5. The monoisotopic (exact) mass is 241 g/mol. The predicted molar refractivity (Wildman–Crippen MR) is 66.8 cm³/mol. The second kappa shape index (κ2) is 5.15. The topological polar surface area (TPSA) is 48.0 Å². The van der Waals surface area contributed by atoms with Crippen LogP contribution >= 0.6 is 0 Å². The fourth-order valence-electron chi connectivity index (χ4n) is 1.57. The smallest absolute Gasteiger partial charge is 0.356 e. The molecule has 0 atom stereocenters. The molecule has 0 aromatic carbocycles. The molecule has 0 saturated heterocycles. The first-order chi connectivity index (χ1) is 8.76. The van der Waals surface area contributed by atoms with Crippen molar-refractivity contribution in [3.05, 3.63) is 53.4 Å². The van der Waals surface area contributed by atoms with Gasteiger partial charge in [0.15, 0.2) is 11.9 Å². The molecule has 5 nitrogen and oxygen atoms in total. The molecule has 0 N–H and O–H groups in total. The van der Waals surface area contributed by atoms with E-state index in [4.69, 9.17) is 11.3 Å². The van der Waals surface area contributed by atoms with Crippen molar-refractivity contribution in [3.63, 3.8) is 0 Å². The van der Waals surface area contributed by atoms with Crippen LogP contribution in [0.5, 0.6) is 0 Å². The molecule has 0 aliphatic heterocycles. The minimum absolute atomic E-state index is 0.323. The zero-order chi connectivity index (χ0) is 13.0. The van der Waals surface area contributed by atoms with E-state index in [0.29, 0.717) is 17.9 Å². The molecule has 0 aliphatic carbocycles. The number of carbonyl (C=O) groups excluding carboxylic acids is 1. The zero-order valence-electron chi connectivity index (χ0n) is 9.83. The van der Waals surface area contributed by atoms with Gasteiger partial charge in [0.25, 0.3) is 0 Å². The average Bonchev–Trinajstić information content (AvgIpc) is 2.79. The van der Waals surface area contributed by atoms with E-state index in [1.165, 1.54) is 12.4 Å². The summed E-state index contributed by atoms with van der Waals surface area (Å²) in [7, 11) is 0. The molecule has 0 aliphatic rings. The van der Waals surface area contributed by atoms with Gasteiger partial charge in [-0.25, -0.2) is 14.6 Å². The predicted octanol–water partition coefficient (Wildman–Crippen LogP) is 2.40. The van der Waals surface area contributed by atoms with Gasteiger partial charge < -0.3 is 4.74 Å². The summed E-state index contributed by atoms with van der Waals surface area (Å²) >= 11 is 0. The fourth-order valence-corrected chi connectivity index (χ4v) is 1.57. The summed E-state index contributed by atoms with van der Waals surface area (Å²) in [5, 5.41) is 0. The van der Waals surface area contributed by atoms with E-state index in [0.717, 1.165) is 5.56 Å². The van der Waals surface area contributed by atoms with E-state index < -0.39 is 5.97 Å². The Balaban J connectivity index is 2.47. The zero-order valence-corrected chi connectivity index (χ0v) is 9.83. The van der Waals surface area contributed by atoms with Crippen molar-refractivity contribution in [1.82, 2.24) is 9.38 Å². The van der Waals surface area contributed by atoms with Crippen LogP contribution in [0.3, 0.4) is 0 Å². The third kappa shape index (κ3) is 2.23. The van der Waals surface area contributed by atoms with Gasteiger partial charge in [0.05, 0.1) is 19.4 Å². The van der Waals surface area contributed by atoms with Crippen molar-refractivity contribution in [2.45, 2.75) is 6.92 Å². The summed E-state index contributed by atoms with van der Waals surface area (Å²) < 4.78 is 6.60. The number of ether oxygens (including phenoxy) is 1. The lowest BCUT2D eigenvalue weighted by Gasteiger charge is -2.02. The van der Waals surface area contributed by atoms with Crippen LogP contribution < -0.4 is 0 Å². The summed E-state index contributed by atoms with van der Waals surface area (Å²) in [6.07, 6.45) is 6.26. The fraction of sp³-hybridized carbons (Fsp3) is 0.154. The lowest BCUT2D eigenvalue weighted by molar-refractivity contribution is 0.0518. The summed E-state index contributed by atoms with van der Waals surface area (Å²) in [5.74, 6) is -0.406. The van der Waals surface area contributed by atoms with Crippen LogP contribution in [-0.4, -0.2) is 22.0 Å². The first kappa shape index (κ1) is 11.9. The SMILES string of the molecule is [C-]#[N+]/C=C/c1ccc2ncc(C(=O)OCC)n2c1. The molecule has 0 amide bonds. The number of rotatable bonds is 3. The normalized spacial score (nSPS) is 10.7. The molecule has 0 spiro atoms. The molecule has 18 heavy (non-hydrogen) atoms. The van der Waals surface area contributed by atoms with Gasteiger partial charge in [0.1, 0.15) is 5.65 Å². The van der Waals surface area contributed by atoms with Gasteiger partial charge in [-0.3, -0.25) is 4.40 Å². The Morgan fingerprint density at radius 2 is 2.44 bits per heavy atom. The lowest BCUT2D eigenvalue weighted by Crippen LogP contribution is -2.07. The summed E-state index contributed by atoms with van der Waals surface area (Å²) in [6.45, 7) is 8.77. The molecule has 2 aromatic rings. The minimum atomic E-state index is -0.406. The molecule has 0 unspecified atom stereocenters. The van der Waals surface area contributed by atoms with Gasteiger partial charge >= 0.3 is 5.97 Å². The number of nitrogens with zero attached hydrogens (tertiary/aromatic N) is 3. The molecular weight excluding hydrogens is 230 g/mol. The van der Waals surface area contributed by atoms with Crippen molar-refractivity contribution in [2.75, 3.05) is 6.61 Å². The summed E-state index contributed by atoms with van der Waals surface area (Å²) in [5.41, 5.74) is 1.87. The highest BCUT2D eigenvalue weighted by Crippen LogP contribution is 2.11. The summed E-state index contributed by atoms with van der Waals surface area (Å²) in [4.78, 5) is 19.0. The second-order valence-corrected chi connectivity index (χ2v) is 3.50. The van der Waals surface area contributed by atoms with Crippen LogP contribution in [0.4, 0.5) is 0 Å². The molecule has 0 fully saturated rings. The van der Waals surface area contributed by atoms with Crippen LogP contribution in [0, 0.1) is 6.57 Å². The van der Waals surface area contributed by atoms with Crippen molar-refractivity contribution < 1.29 is 9.53 Å². The number of imidazole rings is 1. The molecule has 2 rings (SSSR count). The van der Waals surface area contributed by atoms with Gasteiger partial charge in [-0.1, -0.05) is 12.1 Å². The molecule has 0 bridgehead atoms. The Labute approximate surface area is 104 Å². The largest absolute Gasteiger partial charge is 0.461 e. The number of hydrogen-bond acceptors (Lipinski definition) is 3. The maximum Gasteiger partial charge on any atom is 0.356 e. The van der Waals surface area contributed by atoms with E-state index >= 15 is 0 Å². The number of pyridine rings is 1. The van der Waals surface area contributed by atoms with Gasteiger partial charge in [0, 0.05) is 6.20 Å². The molecular formula is C13H11N3O2. The van der Waals surface area contributed by atoms with Gasteiger partial charge in [-0.05, 0) is 18.6 Å². The minimum Gasteiger partial charge on any atom is -0.461 e. The first-order valence-corrected chi connectivity index (χ1v) is 5.43. The average molecular weight is 241 g/mol. The molecule has 90 valence electrons. The number of hydrogen-bond donors (Lipinski definition) is 0. The Morgan fingerprint density at radius 3 is 3.17 bits per heavy atom. The lowest BCUT2D eigenvalue weighted by atomic mass is 10.3. The van der Waals surface area contributed by atoms with Crippen LogP contribution in [-0.2, 0) is 4.74 Å². The number of aromatic nitrogens is 2. The van der Waals surface area contributed by atoms with Gasteiger partial charge in [0.2, 0.25) is 0 Å². The third-order valence-corrected chi connectivity index (χ3v) is 2.35.